The van der Waals surface area contributed by atoms with E-state index < -0.39 is 39.7 Å². The molecule has 2 atom stereocenters. The SMILES string of the molecule is Cc1csc(CN(C)C(=O)c2cc(C(=O)N[C@@H](Cc3ccccc3)[C@H](O)CNCc3cncc(C(C)(C)F)c3)cc(N(C)S(C)(=O)=O)c2)n1. The van der Waals surface area contributed by atoms with Crippen molar-refractivity contribution in [1.29, 1.82) is 0 Å². The molecular weight excluding hydrogens is 668 g/mol. The number of hydrogen-bond acceptors (Lipinski definition) is 9. The molecule has 0 aliphatic heterocycles. The smallest absolute Gasteiger partial charge is 0.254 e. The molecule has 11 nitrogen and oxygen atoms in total. The fraction of sp³-hybridized carbons (Fsp3) is 0.371. The Hall–Kier alpha value is -4.24. The Kier molecular flexibility index (Phi) is 12.3. The first kappa shape index (κ1) is 37.6. The summed E-state index contributed by atoms with van der Waals surface area (Å²) < 4.78 is 40.4. The van der Waals surface area contributed by atoms with Gasteiger partial charge in [0.1, 0.15) is 10.7 Å². The van der Waals surface area contributed by atoms with E-state index in [0.717, 1.165) is 32.4 Å². The van der Waals surface area contributed by atoms with Crippen LogP contribution in [0.2, 0.25) is 0 Å². The van der Waals surface area contributed by atoms with Crippen LogP contribution in [0, 0.1) is 6.92 Å². The number of carbonyl (C=O) groups is 2. The number of hydrogen-bond donors (Lipinski definition) is 3. The number of aromatic nitrogens is 2. The predicted octanol–water partition coefficient (Wildman–Crippen LogP) is 4.21. The van der Waals surface area contributed by atoms with E-state index in [4.69, 9.17) is 0 Å². The first-order valence-corrected chi connectivity index (χ1v) is 18.4. The molecule has 2 aromatic heterocycles. The zero-order chi connectivity index (χ0) is 35.9. The summed E-state index contributed by atoms with van der Waals surface area (Å²) in [5, 5.41) is 20.0. The third kappa shape index (κ3) is 10.6. The van der Waals surface area contributed by atoms with Gasteiger partial charge in [-0.2, -0.15) is 0 Å². The van der Waals surface area contributed by atoms with E-state index in [0.29, 0.717) is 12.1 Å². The molecule has 0 saturated heterocycles. The van der Waals surface area contributed by atoms with Crippen molar-refractivity contribution in [3.05, 3.63) is 111 Å². The van der Waals surface area contributed by atoms with E-state index in [2.05, 4.69) is 20.6 Å². The number of pyridine rings is 1. The zero-order valence-electron chi connectivity index (χ0n) is 28.5. The number of alkyl halides is 1. The third-order valence-electron chi connectivity index (χ3n) is 7.92. The Bertz CT molecular complexity index is 1860. The van der Waals surface area contributed by atoms with E-state index in [-0.39, 0.29) is 36.3 Å². The third-order valence-corrected chi connectivity index (χ3v) is 10.1. The Labute approximate surface area is 291 Å². The number of anilines is 1. The molecule has 0 spiro atoms. The van der Waals surface area contributed by atoms with Crippen molar-refractivity contribution in [1.82, 2.24) is 25.5 Å². The van der Waals surface area contributed by atoms with E-state index in [9.17, 15) is 27.5 Å². The molecule has 2 heterocycles. The van der Waals surface area contributed by atoms with E-state index in [1.807, 2.05) is 42.6 Å². The topological polar surface area (TPSA) is 145 Å². The van der Waals surface area contributed by atoms with Crippen molar-refractivity contribution in [3.63, 3.8) is 0 Å². The lowest BCUT2D eigenvalue weighted by atomic mass is 9.99. The number of thiazole rings is 1. The molecule has 49 heavy (non-hydrogen) atoms. The van der Waals surface area contributed by atoms with Crippen LogP contribution in [-0.2, 0) is 35.2 Å². The molecule has 2 aromatic carbocycles. The molecule has 4 rings (SSSR count). The molecule has 0 aliphatic rings. The summed E-state index contributed by atoms with van der Waals surface area (Å²) in [5.41, 5.74) is 1.62. The Morgan fingerprint density at radius 1 is 1.04 bits per heavy atom. The van der Waals surface area contributed by atoms with Crippen LogP contribution in [0.4, 0.5) is 10.1 Å². The highest BCUT2D eigenvalue weighted by molar-refractivity contribution is 7.92. The van der Waals surface area contributed by atoms with E-state index in [1.54, 1.807) is 19.3 Å². The number of benzene rings is 2. The summed E-state index contributed by atoms with van der Waals surface area (Å²) in [6.45, 7) is 5.39. The molecule has 2 amide bonds. The molecule has 0 bridgehead atoms. The van der Waals surface area contributed by atoms with Gasteiger partial charge in [0.15, 0.2) is 0 Å². The monoisotopic (exact) mass is 710 g/mol. The van der Waals surface area contributed by atoms with Gasteiger partial charge in [-0.15, -0.1) is 11.3 Å². The summed E-state index contributed by atoms with van der Waals surface area (Å²) in [5.74, 6) is -1.02. The van der Waals surface area contributed by atoms with Crippen molar-refractivity contribution in [3.8, 4) is 0 Å². The van der Waals surface area contributed by atoms with Crippen LogP contribution in [0.15, 0.2) is 72.4 Å². The lowest BCUT2D eigenvalue weighted by Crippen LogP contribution is -2.48. The summed E-state index contributed by atoms with van der Waals surface area (Å²) in [7, 11) is -0.783. The fourth-order valence-corrected chi connectivity index (χ4v) is 6.34. The van der Waals surface area contributed by atoms with Gasteiger partial charge in [0.2, 0.25) is 10.0 Å². The predicted molar refractivity (Wildman–Crippen MR) is 190 cm³/mol. The maximum Gasteiger partial charge on any atom is 0.254 e. The number of aryl methyl sites for hydroxylation is 1. The van der Waals surface area contributed by atoms with Gasteiger partial charge < -0.3 is 20.6 Å². The Balaban J connectivity index is 1.58. The largest absolute Gasteiger partial charge is 0.390 e. The van der Waals surface area contributed by atoms with Crippen LogP contribution >= 0.6 is 11.3 Å². The second-order valence-electron chi connectivity index (χ2n) is 12.6. The van der Waals surface area contributed by atoms with Crippen LogP contribution in [0.1, 0.15) is 62.0 Å². The molecule has 4 aromatic rings. The van der Waals surface area contributed by atoms with E-state index >= 15 is 0 Å². The standard InChI is InChI=1S/C35H43FN6O5S2/c1-23-22-48-32(39-23)21-41(4)34(45)27-14-26(15-29(16-27)42(5)49(6,46)47)33(44)40-30(13-24-10-8-7-9-11-24)31(43)20-38-18-25-12-28(19-37-17-25)35(2,3)36/h7-12,14-17,19,22,30-31,38,43H,13,18,20-21H2,1-6H3,(H,40,44)/t30-,31+/m0/s1. The summed E-state index contributed by atoms with van der Waals surface area (Å²) >= 11 is 1.42. The van der Waals surface area contributed by atoms with Crippen molar-refractivity contribution in [2.45, 2.75) is 58.1 Å². The van der Waals surface area contributed by atoms with Gasteiger partial charge in [0.05, 0.1) is 30.6 Å². The average Bonchev–Trinajstić information content (AvgIpc) is 3.47. The molecular formula is C35H43FN6O5S2. The highest BCUT2D eigenvalue weighted by atomic mass is 32.2. The van der Waals surface area contributed by atoms with Gasteiger partial charge in [-0.1, -0.05) is 30.3 Å². The molecule has 262 valence electrons. The minimum atomic E-state index is -3.73. The lowest BCUT2D eigenvalue weighted by molar-refractivity contribution is 0.0784. The van der Waals surface area contributed by atoms with Crippen LogP contribution in [0.3, 0.4) is 0 Å². The number of nitrogens with one attached hydrogen (secondary N) is 2. The fourth-order valence-electron chi connectivity index (χ4n) is 5.03. The maximum absolute atomic E-state index is 14.5. The highest BCUT2D eigenvalue weighted by Gasteiger charge is 2.26. The lowest BCUT2D eigenvalue weighted by Gasteiger charge is -2.26. The summed E-state index contributed by atoms with van der Waals surface area (Å²) in [6.07, 6.45) is 3.35. The van der Waals surface area contributed by atoms with Gasteiger partial charge in [-0.05, 0) is 62.6 Å². The van der Waals surface area contributed by atoms with E-state index in [1.165, 1.54) is 61.5 Å². The first-order valence-electron chi connectivity index (χ1n) is 15.6. The number of rotatable bonds is 15. The molecule has 0 fully saturated rings. The zero-order valence-corrected chi connectivity index (χ0v) is 30.1. The van der Waals surface area contributed by atoms with Crippen molar-refractivity contribution in [2.75, 3.05) is 31.2 Å². The Morgan fingerprint density at radius 3 is 2.37 bits per heavy atom. The quantitative estimate of drug-likeness (QED) is 0.167. The van der Waals surface area contributed by atoms with Crippen molar-refractivity contribution < 1.29 is 27.5 Å². The first-order chi connectivity index (χ1) is 23.0. The highest BCUT2D eigenvalue weighted by Crippen LogP contribution is 2.25. The molecule has 14 heteroatoms. The number of halogens is 1. The minimum absolute atomic E-state index is 0.0461. The molecule has 3 N–H and O–H groups in total. The number of aliphatic hydroxyl groups is 1. The molecule has 0 radical (unpaired) electrons. The number of amides is 2. The van der Waals surface area contributed by atoms with Crippen LogP contribution in [0.25, 0.3) is 0 Å². The second kappa shape index (κ2) is 16.0. The molecule has 0 aliphatic carbocycles. The molecule has 0 unspecified atom stereocenters. The number of carbonyl (C=O) groups excluding carboxylic acids is 2. The summed E-state index contributed by atoms with van der Waals surface area (Å²) in [6, 6.07) is 14.5. The van der Waals surface area contributed by atoms with Gasteiger partial charge in [0.25, 0.3) is 11.8 Å². The van der Waals surface area contributed by atoms with Gasteiger partial charge in [0, 0.05) is 67.3 Å². The van der Waals surface area contributed by atoms with Gasteiger partial charge in [-0.3, -0.25) is 18.9 Å². The minimum Gasteiger partial charge on any atom is -0.390 e. The summed E-state index contributed by atoms with van der Waals surface area (Å²) in [4.78, 5) is 37.4. The number of nitrogens with zero attached hydrogens (tertiary/aromatic N) is 4. The van der Waals surface area contributed by atoms with Gasteiger partial charge >= 0.3 is 0 Å². The van der Waals surface area contributed by atoms with Crippen molar-refractivity contribution >= 4 is 38.9 Å². The molecule has 0 saturated carbocycles. The maximum atomic E-state index is 14.5. The van der Waals surface area contributed by atoms with Crippen LogP contribution in [-0.4, -0.2) is 79.2 Å². The average molecular weight is 711 g/mol. The normalized spacial score (nSPS) is 13.1. The van der Waals surface area contributed by atoms with Gasteiger partial charge in [-0.25, -0.2) is 17.8 Å². The Morgan fingerprint density at radius 2 is 1.73 bits per heavy atom. The second-order valence-corrected chi connectivity index (χ2v) is 15.5. The van der Waals surface area contributed by atoms with Crippen LogP contribution < -0.4 is 14.9 Å². The van der Waals surface area contributed by atoms with Crippen molar-refractivity contribution in [2.24, 2.45) is 0 Å². The number of sulfonamides is 1. The van der Waals surface area contributed by atoms with Crippen LogP contribution in [0.5, 0.6) is 0 Å². The number of aliphatic hydroxyl groups excluding tert-OH is 1.